The second-order valence-electron chi connectivity index (χ2n) is 7.62. The molecule has 0 fully saturated rings. The van der Waals surface area contributed by atoms with Crippen LogP contribution in [0, 0.1) is 12.8 Å². The second-order valence-corrected chi connectivity index (χ2v) is 9.29. The van der Waals surface area contributed by atoms with Gasteiger partial charge in [-0.05, 0) is 43.4 Å². The minimum absolute atomic E-state index is 0.203. The number of hydrogen-bond donors (Lipinski definition) is 1. The molecule has 0 saturated carbocycles. The number of rotatable bonds is 10. The van der Waals surface area contributed by atoms with Crippen LogP contribution < -0.4 is 5.32 Å². The minimum atomic E-state index is -1.27. The van der Waals surface area contributed by atoms with Crippen LogP contribution in [-0.4, -0.2) is 21.6 Å². The van der Waals surface area contributed by atoms with E-state index in [0.717, 1.165) is 16.0 Å². The fourth-order valence-corrected chi connectivity index (χ4v) is 4.68. The topological polar surface area (TPSA) is 55.4 Å². The van der Waals surface area contributed by atoms with E-state index in [-0.39, 0.29) is 17.9 Å². The molecule has 2 aromatic carbocycles. The molecule has 1 N–H and O–H groups in total. The summed E-state index contributed by atoms with van der Waals surface area (Å²) in [7, 11) is -1.27. The molecule has 29 heavy (non-hydrogen) atoms. The van der Waals surface area contributed by atoms with Gasteiger partial charge in [-0.15, -0.1) is 6.58 Å². The Morgan fingerprint density at radius 1 is 1.14 bits per heavy atom. The first-order valence-electron chi connectivity index (χ1n) is 9.96. The Hall–Kier alpha value is -2.40. The highest BCUT2D eigenvalue weighted by atomic mass is 32.2. The number of carbonyl (C=O) groups is 1. The number of allylic oxidation sites excluding steroid dienone is 1. The van der Waals surface area contributed by atoms with Gasteiger partial charge in [-0.25, -0.2) is 4.79 Å². The van der Waals surface area contributed by atoms with Gasteiger partial charge in [0, 0.05) is 10.9 Å². The number of amides is 1. The molecule has 0 aromatic heterocycles. The first kappa shape index (κ1) is 22.9. The lowest BCUT2D eigenvalue weighted by Gasteiger charge is -2.28. The molecule has 0 aliphatic carbocycles. The molecule has 156 valence electrons. The first-order valence-corrected chi connectivity index (χ1v) is 11.2. The van der Waals surface area contributed by atoms with E-state index < -0.39 is 16.9 Å². The van der Waals surface area contributed by atoms with Crippen molar-refractivity contribution in [3.63, 3.8) is 0 Å². The third-order valence-corrected chi connectivity index (χ3v) is 6.43. The van der Waals surface area contributed by atoms with Crippen LogP contribution in [0.2, 0.25) is 0 Å². The molecule has 2 aromatic rings. The maximum atomic E-state index is 13.3. The highest BCUT2D eigenvalue weighted by Gasteiger charge is 2.29. The Morgan fingerprint density at radius 3 is 2.38 bits per heavy atom. The fourth-order valence-electron chi connectivity index (χ4n) is 3.14. The lowest BCUT2D eigenvalue weighted by atomic mass is 9.99. The molecule has 0 aliphatic rings. The molecule has 0 unspecified atom stereocenters. The van der Waals surface area contributed by atoms with E-state index in [4.69, 9.17) is 4.74 Å². The van der Waals surface area contributed by atoms with Gasteiger partial charge < -0.3 is 10.1 Å². The van der Waals surface area contributed by atoms with Crippen LogP contribution >= 0.6 is 0 Å². The number of carbonyl (C=O) groups excluding carboxylic acids is 1. The number of aryl methyl sites for hydroxylation is 1. The van der Waals surface area contributed by atoms with Gasteiger partial charge in [0.1, 0.15) is 6.61 Å². The third kappa shape index (κ3) is 7.50. The van der Waals surface area contributed by atoms with Crippen molar-refractivity contribution in [2.24, 2.45) is 5.92 Å². The molecule has 5 heteroatoms. The molecule has 4 nitrogen and oxygen atoms in total. The summed E-state index contributed by atoms with van der Waals surface area (Å²) in [5, 5.41) is 2.69. The SMILES string of the molecule is C=CC[C@@H]([C@@H](CC(C)C)NC(=O)OCc1ccccc1)[S@](=O)c1ccc(C)cc1. The van der Waals surface area contributed by atoms with Crippen LogP contribution in [0.5, 0.6) is 0 Å². The van der Waals surface area contributed by atoms with E-state index >= 15 is 0 Å². The molecular formula is C24H31NO3S. The van der Waals surface area contributed by atoms with Crippen molar-refractivity contribution in [1.29, 1.82) is 0 Å². The summed E-state index contributed by atoms with van der Waals surface area (Å²) in [5.74, 6) is 0.330. The zero-order chi connectivity index (χ0) is 21.2. The van der Waals surface area contributed by atoms with Gasteiger partial charge in [0.25, 0.3) is 0 Å². The molecule has 0 radical (unpaired) electrons. The Labute approximate surface area is 176 Å². The summed E-state index contributed by atoms with van der Waals surface area (Å²) < 4.78 is 18.7. The highest BCUT2D eigenvalue weighted by Crippen LogP contribution is 2.22. The Morgan fingerprint density at radius 2 is 1.79 bits per heavy atom. The molecule has 0 bridgehead atoms. The molecule has 3 atom stereocenters. The van der Waals surface area contributed by atoms with E-state index in [1.165, 1.54) is 0 Å². The molecule has 1 amide bonds. The maximum Gasteiger partial charge on any atom is 0.407 e. The minimum Gasteiger partial charge on any atom is -0.445 e. The van der Waals surface area contributed by atoms with Gasteiger partial charge in [0.15, 0.2) is 0 Å². The van der Waals surface area contributed by atoms with Crippen LogP contribution in [0.25, 0.3) is 0 Å². The number of alkyl carbamates (subject to hydrolysis) is 1. The average molecular weight is 414 g/mol. The summed E-state index contributed by atoms with van der Waals surface area (Å²) in [6, 6.07) is 17.0. The van der Waals surface area contributed by atoms with Crippen molar-refractivity contribution in [2.45, 2.75) is 56.4 Å². The molecule has 0 saturated heterocycles. The fraction of sp³-hybridized carbons (Fsp3) is 0.375. The largest absolute Gasteiger partial charge is 0.445 e. The zero-order valence-corrected chi connectivity index (χ0v) is 18.3. The number of benzene rings is 2. The Bertz CT molecular complexity index is 803. The van der Waals surface area contributed by atoms with Gasteiger partial charge in [-0.2, -0.15) is 0 Å². The van der Waals surface area contributed by atoms with Gasteiger partial charge in [-0.1, -0.05) is 68.0 Å². The standard InChI is InChI=1S/C24H31NO3S/c1-5-9-23(29(27)21-14-12-19(4)13-15-21)22(16-18(2)3)25-24(26)28-17-20-10-7-6-8-11-20/h5-8,10-15,18,22-23H,1,9,16-17H2,2-4H3,(H,25,26)/t22-,23+,29-/m1/s1. The van der Waals surface area contributed by atoms with E-state index in [1.807, 2.05) is 61.5 Å². The van der Waals surface area contributed by atoms with Crippen LogP contribution in [0.1, 0.15) is 37.8 Å². The van der Waals surface area contributed by atoms with Gasteiger partial charge in [0.05, 0.1) is 16.0 Å². The summed E-state index contributed by atoms with van der Waals surface area (Å²) in [5.41, 5.74) is 2.04. The van der Waals surface area contributed by atoms with E-state index in [2.05, 4.69) is 25.7 Å². The summed E-state index contributed by atoms with van der Waals surface area (Å²) in [4.78, 5) is 13.2. The predicted octanol–water partition coefficient (Wildman–Crippen LogP) is 5.39. The van der Waals surface area contributed by atoms with Crippen LogP contribution in [-0.2, 0) is 22.1 Å². The highest BCUT2D eigenvalue weighted by molar-refractivity contribution is 7.85. The van der Waals surface area contributed by atoms with Crippen molar-refractivity contribution in [3.05, 3.63) is 78.4 Å². The van der Waals surface area contributed by atoms with Crippen molar-refractivity contribution in [3.8, 4) is 0 Å². The zero-order valence-electron chi connectivity index (χ0n) is 17.5. The van der Waals surface area contributed by atoms with Crippen molar-refractivity contribution in [2.75, 3.05) is 0 Å². The summed E-state index contributed by atoms with van der Waals surface area (Å²) >= 11 is 0. The first-order chi connectivity index (χ1) is 13.9. The molecule has 2 rings (SSSR count). The van der Waals surface area contributed by atoms with E-state index in [1.54, 1.807) is 6.08 Å². The van der Waals surface area contributed by atoms with E-state index in [0.29, 0.717) is 18.8 Å². The molecule has 0 heterocycles. The Kier molecular flexibility index (Phi) is 9.13. The monoisotopic (exact) mass is 413 g/mol. The third-order valence-electron chi connectivity index (χ3n) is 4.62. The smallest absolute Gasteiger partial charge is 0.407 e. The van der Waals surface area contributed by atoms with Crippen LogP contribution in [0.15, 0.2) is 72.1 Å². The Balaban J connectivity index is 2.12. The average Bonchev–Trinajstić information content (AvgIpc) is 2.70. The summed E-state index contributed by atoms with van der Waals surface area (Å²) in [6.07, 6.45) is 2.52. The predicted molar refractivity (Wildman–Crippen MR) is 119 cm³/mol. The maximum absolute atomic E-state index is 13.3. The summed E-state index contributed by atoms with van der Waals surface area (Å²) in [6.45, 7) is 10.2. The second kappa shape index (κ2) is 11.6. The quantitative estimate of drug-likeness (QED) is 0.532. The van der Waals surface area contributed by atoms with Crippen molar-refractivity contribution in [1.82, 2.24) is 5.32 Å². The molecule has 0 aliphatic heterocycles. The van der Waals surface area contributed by atoms with Crippen molar-refractivity contribution < 1.29 is 13.7 Å². The normalized spacial score (nSPS) is 14.1. The number of nitrogens with one attached hydrogen (secondary N) is 1. The van der Waals surface area contributed by atoms with Gasteiger partial charge in [0.2, 0.25) is 0 Å². The van der Waals surface area contributed by atoms with Gasteiger partial charge >= 0.3 is 6.09 Å². The van der Waals surface area contributed by atoms with Gasteiger partial charge in [-0.3, -0.25) is 4.21 Å². The number of hydrogen-bond acceptors (Lipinski definition) is 3. The van der Waals surface area contributed by atoms with E-state index in [9.17, 15) is 9.00 Å². The molecule has 0 spiro atoms. The molecular weight excluding hydrogens is 382 g/mol. The van der Waals surface area contributed by atoms with Crippen molar-refractivity contribution >= 4 is 16.9 Å². The lowest BCUT2D eigenvalue weighted by molar-refractivity contribution is 0.134. The number of ether oxygens (including phenoxy) is 1. The van der Waals surface area contributed by atoms with Crippen LogP contribution in [0.4, 0.5) is 4.79 Å². The lowest BCUT2D eigenvalue weighted by Crippen LogP contribution is -2.46. The van der Waals surface area contributed by atoms with Crippen LogP contribution in [0.3, 0.4) is 0 Å².